The molecule has 1 aliphatic rings. The van der Waals surface area contributed by atoms with Crippen LogP contribution < -0.4 is 14.2 Å². The van der Waals surface area contributed by atoms with Gasteiger partial charge in [0.2, 0.25) is 10.0 Å². The predicted octanol–water partition coefficient (Wildman–Crippen LogP) is 3.73. The minimum Gasteiger partial charge on any atom is -0.497 e. The van der Waals surface area contributed by atoms with E-state index in [0.29, 0.717) is 6.61 Å². The van der Waals surface area contributed by atoms with Gasteiger partial charge in [0.15, 0.2) is 0 Å². The highest BCUT2D eigenvalue weighted by atomic mass is 32.2. The van der Waals surface area contributed by atoms with Gasteiger partial charge in [0.25, 0.3) is 0 Å². The Morgan fingerprint density at radius 1 is 1.04 bits per heavy atom. The molecule has 142 valence electrons. The molecule has 0 heterocycles. The molecule has 5 nitrogen and oxygen atoms in total. The highest BCUT2D eigenvalue weighted by molar-refractivity contribution is 7.89. The van der Waals surface area contributed by atoms with Crippen molar-refractivity contribution in [1.82, 2.24) is 4.72 Å². The number of methoxy groups -OCH3 is 1. The van der Waals surface area contributed by atoms with E-state index in [4.69, 9.17) is 9.47 Å². The monoisotopic (exact) mass is 377 g/mol. The maximum atomic E-state index is 11.9. The molecule has 26 heavy (non-hydrogen) atoms. The summed E-state index contributed by atoms with van der Waals surface area (Å²) in [4.78, 5) is 0. The van der Waals surface area contributed by atoms with Gasteiger partial charge in [-0.15, -0.1) is 0 Å². The molecule has 3 rings (SSSR count). The van der Waals surface area contributed by atoms with Crippen LogP contribution in [0, 0.1) is 5.92 Å². The van der Waals surface area contributed by atoms with Crippen LogP contribution >= 0.6 is 0 Å². The third kappa shape index (κ3) is 4.68. The second kappa shape index (κ2) is 8.27. The van der Waals surface area contributed by atoms with Gasteiger partial charge >= 0.3 is 0 Å². The van der Waals surface area contributed by atoms with E-state index in [1.165, 1.54) is 0 Å². The molecule has 0 saturated heterocycles. The van der Waals surface area contributed by atoms with Crippen LogP contribution in [0.25, 0.3) is 10.8 Å². The molecule has 0 bridgehead atoms. The van der Waals surface area contributed by atoms with Crippen LogP contribution in [0.3, 0.4) is 0 Å². The highest BCUT2D eigenvalue weighted by Gasteiger charge is 2.28. The Balaban J connectivity index is 1.67. The molecule has 2 aromatic rings. The van der Waals surface area contributed by atoms with Gasteiger partial charge in [-0.25, -0.2) is 13.1 Å². The molecule has 1 fully saturated rings. The number of nitrogens with one attached hydrogen (secondary N) is 1. The normalized spacial score (nSPS) is 20.8. The molecule has 0 spiro atoms. The first kappa shape index (κ1) is 19.0. The SMILES string of the molecule is CCS(=O)(=O)NC1CCCCC1COc1ccc2cc(OC)ccc2c1. The van der Waals surface area contributed by atoms with Crippen molar-refractivity contribution in [3.8, 4) is 11.5 Å². The lowest BCUT2D eigenvalue weighted by Crippen LogP contribution is -2.44. The number of benzene rings is 2. The van der Waals surface area contributed by atoms with Crippen molar-refractivity contribution in [2.75, 3.05) is 19.5 Å². The average molecular weight is 378 g/mol. The van der Waals surface area contributed by atoms with Gasteiger partial charge in [-0.3, -0.25) is 0 Å². The van der Waals surface area contributed by atoms with Gasteiger partial charge in [0.1, 0.15) is 11.5 Å². The zero-order valence-corrected chi connectivity index (χ0v) is 16.2. The van der Waals surface area contributed by atoms with E-state index in [1.807, 2.05) is 36.4 Å². The van der Waals surface area contributed by atoms with Crippen LogP contribution in [0.2, 0.25) is 0 Å². The largest absolute Gasteiger partial charge is 0.497 e. The van der Waals surface area contributed by atoms with Crippen molar-refractivity contribution < 1.29 is 17.9 Å². The van der Waals surface area contributed by atoms with Gasteiger partial charge in [-0.1, -0.05) is 25.0 Å². The molecule has 6 heteroatoms. The molecule has 1 saturated carbocycles. The summed E-state index contributed by atoms with van der Waals surface area (Å²) in [5.74, 6) is 1.96. The van der Waals surface area contributed by atoms with Crippen LogP contribution in [-0.2, 0) is 10.0 Å². The lowest BCUT2D eigenvalue weighted by Gasteiger charge is -2.31. The predicted molar refractivity (Wildman–Crippen MR) is 104 cm³/mol. The first-order valence-corrected chi connectivity index (χ1v) is 10.9. The molecular formula is C20H27NO4S. The third-order valence-corrected chi connectivity index (χ3v) is 6.52. The molecule has 0 radical (unpaired) electrons. The summed E-state index contributed by atoms with van der Waals surface area (Å²) in [6, 6.07) is 11.9. The molecule has 2 aromatic carbocycles. The molecule has 0 aromatic heterocycles. The van der Waals surface area contributed by atoms with E-state index in [9.17, 15) is 8.42 Å². The lowest BCUT2D eigenvalue weighted by molar-refractivity contribution is 0.180. The fraction of sp³-hybridized carbons (Fsp3) is 0.500. The second-order valence-corrected chi connectivity index (χ2v) is 8.90. The Labute approximate surface area is 155 Å². The Morgan fingerprint density at radius 2 is 1.69 bits per heavy atom. The number of ether oxygens (including phenoxy) is 2. The summed E-state index contributed by atoms with van der Waals surface area (Å²) in [5, 5.41) is 2.19. The maximum Gasteiger partial charge on any atom is 0.211 e. The van der Waals surface area contributed by atoms with Gasteiger partial charge < -0.3 is 9.47 Å². The van der Waals surface area contributed by atoms with Crippen molar-refractivity contribution in [3.05, 3.63) is 36.4 Å². The first-order valence-electron chi connectivity index (χ1n) is 9.21. The molecule has 1 aliphatic carbocycles. The van der Waals surface area contributed by atoms with Gasteiger partial charge in [-0.05, 0) is 54.8 Å². The second-order valence-electron chi connectivity index (χ2n) is 6.86. The van der Waals surface area contributed by atoms with Crippen molar-refractivity contribution in [2.24, 2.45) is 5.92 Å². The Hall–Kier alpha value is -1.79. The summed E-state index contributed by atoms with van der Waals surface area (Å²) in [5.41, 5.74) is 0. The average Bonchev–Trinajstić information content (AvgIpc) is 2.66. The quantitative estimate of drug-likeness (QED) is 0.799. The fourth-order valence-electron chi connectivity index (χ4n) is 3.50. The first-order chi connectivity index (χ1) is 12.5. The lowest BCUT2D eigenvalue weighted by atomic mass is 9.86. The van der Waals surface area contributed by atoms with Crippen molar-refractivity contribution in [1.29, 1.82) is 0 Å². The summed E-state index contributed by atoms with van der Waals surface area (Å²) >= 11 is 0. The van der Waals surface area contributed by atoms with Crippen LogP contribution in [0.1, 0.15) is 32.6 Å². The van der Waals surface area contributed by atoms with Crippen LogP contribution in [-0.4, -0.2) is 33.9 Å². The standard InChI is InChI=1S/C20H27NO4S/c1-3-26(22,23)21-20-7-5-4-6-17(20)14-25-19-11-9-15-12-18(24-2)10-8-16(15)13-19/h8-13,17,20-21H,3-7,14H2,1-2H3. The van der Waals surface area contributed by atoms with E-state index in [2.05, 4.69) is 4.72 Å². The van der Waals surface area contributed by atoms with Crippen LogP contribution in [0.5, 0.6) is 11.5 Å². The van der Waals surface area contributed by atoms with Gasteiger partial charge in [0.05, 0.1) is 19.5 Å². The summed E-state index contributed by atoms with van der Waals surface area (Å²) in [6.07, 6.45) is 4.05. The van der Waals surface area contributed by atoms with E-state index >= 15 is 0 Å². The van der Waals surface area contributed by atoms with Crippen molar-refractivity contribution >= 4 is 20.8 Å². The van der Waals surface area contributed by atoms with Crippen molar-refractivity contribution in [3.63, 3.8) is 0 Å². The summed E-state index contributed by atoms with van der Waals surface area (Å²) in [6.45, 7) is 2.19. The molecule has 1 N–H and O–H groups in total. The topological polar surface area (TPSA) is 64.6 Å². The van der Waals surface area contributed by atoms with E-state index in [-0.39, 0.29) is 17.7 Å². The van der Waals surface area contributed by atoms with Gasteiger partial charge in [-0.2, -0.15) is 0 Å². The number of sulfonamides is 1. The van der Waals surface area contributed by atoms with E-state index in [0.717, 1.165) is 48.0 Å². The van der Waals surface area contributed by atoms with Gasteiger partial charge in [0, 0.05) is 12.0 Å². The molecule has 2 unspecified atom stereocenters. The Kier molecular flexibility index (Phi) is 6.04. The molecule has 2 atom stereocenters. The number of rotatable bonds is 7. The highest BCUT2D eigenvalue weighted by Crippen LogP contribution is 2.28. The summed E-state index contributed by atoms with van der Waals surface area (Å²) < 4.78 is 38.0. The van der Waals surface area contributed by atoms with E-state index in [1.54, 1.807) is 14.0 Å². The number of hydrogen-bond donors (Lipinski definition) is 1. The van der Waals surface area contributed by atoms with Crippen LogP contribution in [0.4, 0.5) is 0 Å². The zero-order chi connectivity index (χ0) is 18.6. The number of hydrogen-bond acceptors (Lipinski definition) is 4. The van der Waals surface area contributed by atoms with Crippen LogP contribution in [0.15, 0.2) is 36.4 Å². The number of fused-ring (bicyclic) bond motifs is 1. The molecule has 0 aliphatic heterocycles. The third-order valence-electron chi connectivity index (χ3n) is 5.10. The molecular weight excluding hydrogens is 350 g/mol. The van der Waals surface area contributed by atoms with Crippen molar-refractivity contribution in [2.45, 2.75) is 38.6 Å². The summed E-state index contributed by atoms with van der Waals surface area (Å²) in [7, 11) is -1.53. The smallest absolute Gasteiger partial charge is 0.211 e. The molecule has 0 amide bonds. The minimum atomic E-state index is -3.19. The minimum absolute atomic E-state index is 0.0292. The zero-order valence-electron chi connectivity index (χ0n) is 15.4. The Morgan fingerprint density at radius 3 is 2.38 bits per heavy atom. The maximum absolute atomic E-state index is 11.9. The fourth-order valence-corrected chi connectivity index (χ4v) is 4.44. The Bertz CT molecular complexity index is 850. The van der Waals surface area contributed by atoms with E-state index < -0.39 is 10.0 Å².